The van der Waals surface area contributed by atoms with Crippen molar-refractivity contribution in [2.75, 3.05) is 0 Å². The second-order valence-electron chi connectivity index (χ2n) is 3.53. The Morgan fingerprint density at radius 3 is 2.67 bits per heavy atom. The van der Waals surface area contributed by atoms with Gasteiger partial charge in [0.25, 0.3) is 0 Å². The molecule has 1 aromatic carbocycles. The third-order valence-electron chi connectivity index (χ3n) is 2.23. The fourth-order valence-electron chi connectivity index (χ4n) is 1.33. The Morgan fingerprint density at radius 1 is 1.22 bits per heavy atom. The van der Waals surface area contributed by atoms with Crippen LogP contribution in [0, 0.1) is 11.6 Å². The van der Waals surface area contributed by atoms with Gasteiger partial charge in [0.05, 0.1) is 0 Å². The molecule has 0 bridgehead atoms. The molecule has 7 heteroatoms. The Bertz CT molecular complexity index is 639. The highest BCUT2D eigenvalue weighted by Gasteiger charge is 2.19. The van der Waals surface area contributed by atoms with Crippen LogP contribution >= 0.6 is 11.3 Å². The fraction of sp³-hybridized carbons (Fsp3) is 0.0909. The van der Waals surface area contributed by atoms with Crippen LogP contribution in [0.25, 0.3) is 0 Å². The fourth-order valence-corrected chi connectivity index (χ4v) is 3.11. The maximum Gasteiger partial charge on any atom is 0.243 e. The minimum Gasteiger partial charge on any atom is -0.207 e. The van der Waals surface area contributed by atoms with Crippen molar-refractivity contribution in [2.45, 2.75) is 11.4 Å². The van der Waals surface area contributed by atoms with Gasteiger partial charge in [0.15, 0.2) is 0 Å². The average molecular weight is 289 g/mol. The zero-order chi connectivity index (χ0) is 13.2. The summed E-state index contributed by atoms with van der Waals surface area (Å²) in [4.78, 5) is -0.683. The maximum absolute atomic E-state index is 13.3. The summed E-state index contributed by atoms with van der Waals surface area (Å²) in [6.07, 6.45) is 0. The van der Waals surface area contributed by atoms with Crippen LogP contribution < -0.4 is 4.72 Å². The smallest absolute Gasteiger partial charge is 0.207 e. The van der Waals surface area contributed by atoms with Crippen molar-refractivity contribution in [3.8, 4) is 0 Å². The van der Waals surface area contributed by atoms with Gasteiger partial charge in [0.1, 0.15) is 16.5 Å². The summed E-state index contributed by atoms with van der Waals surface area (Å²) in [5.74, 6) is -1.78. The molecule has 0 unspecified atom stereocenters. The number of hydrogen-bond donors (Lipinski definition) is 1. The van der Waals surface area contributed by atoms with Crippen molar-refractivity contribution in [1.82, 2.24) is 4.72 Å². The number of benzene rings is 1. The van der Waals surface area contributed by atoms with Crippen LogP contribution in [0.5, 0.6) is 0 Å². The van der Waals surface area contributed by atoms with Crippen molar-refractivity contribution in [2.24, 2.45) is 0 Å². The van der Waals surface area contributed by atoms with E-state index in [4.69, 9.17) is 0 Å². The number of hydrogen-bond acceptors (Lipinski definition) is 3. The summed E-state index contributed by atoms with van der Waals surface area (Å²) < 4.78 is 52.1. The molecule has 0 radical (unpaired) electrons. The van der Waals surface area contributed by atoms with Gasteiger partial charge in [0.2, 0.25) is 10.0 Å². The quantitative estimate of drug-likeness (QED) is 0.940. The van der Waals surface area contributed by atoms with Crippen molar-refractivity contribution in [3.05, 3.63) is 52.2 Å². The molecule has 0 atom stereocenters. The Morgan fingerprint density at radius 2 is 2.00 bits per heavy atom. The normalized spacial score (nSPS) is 11.7. The number of rotatable bonds is 4. The molecular weight excluding hydrogens is 280 g/mol. The first-order chi connectivity index (χ1) is 8.49. The van der Waals surface area contributed by atoms with Crippen molar-refractivity contribution in [1.29, 1.82) is 0 Å². The van der Waals surface area contributed by atoms with Gasteiger partial charge in [-0.2, -0.15) is 11.3 Å². The second kappa shape index (κ2) is 5.13. The van der Waals surface area contributed by atoms with Crippen LogP contribution in [0.4, 0.5) is 8.78 Å². The lowest BCUT2D eigenvalue weighted by molar-refractivity contribution is 0.545. The van der Waals surface area contributed by atoms with Crippen molar-refractivity contribution >= 4 is 21.4 Å². The lowest BCUT2D eigenvalue weighted by atomic mass is 10.3. The number of thiophene rings is 1. The molecule has 18 heavy (non-hydrogen) atoms. The highest BCUT2D eigenvalue weighted by molar-refractivity contribution is 7.89. The molecule has 2 rings (SSSR count). The molecule has 1 heterocycles. The third kappa shape index (κ3) is 2.92. The molecular formula is C11H9F2NO2S2. The average Bonchev–Trinajstić information content (AvgIpc) is 2.83. The van der Waals surface area contributed by atoms with Gasteiger partial charge in [-0.3, -0.25) is 0 Å². The molecule has 0 saturated heterocycles. The molecule has 0 aliphatic carbocycles. The van der Waals surface area contributed by atoms with Crippen LogP contribution in [0.2, 0.25) is 0 Å². The van der Waals surface area contributed by atoms with E-state index in [0.717, 1.165) is 17.7 Å². The molecule has 1 aromatic heterocycles. The predicted molar refractivity (Wildman–Crippen MR) is 64.7 cm³/mol. The summed E-state index contributed by atoms with van der Waals surface area (Å²) >= 11 is 1.42. The van der Waals surface area contributed by atoms with Crippen molar-refractivity contribution in [3.63, 3.8) is 0 Å². The van der Waals surface area contributed by atoms with Gasteiger partial charge in [-0.1, -0.05) is 0 Å². The number of sulfonamides is 1. The van der Waals surface area contributed by atoms with E-state index in [0.29, 0.717) is 6.07 Å². The van der Waals surface area contributed by atoms with Crippen LogP contribution in [-0.4, -0.2) is 8.42 Å². The highest BCUT2D eigenvalue weighted by atomic mass is 32.2. The number of halogens is 2. The van der Waals surface area contributed by atoms with Gasteiger partial charge in [0, 0.05) is 6.54 Å². The topological polar surface area (TPSA) is 46.2 Å². The standard InChI is InChI=1S/C11H9F2NO2S2/c12-9-1-2-10(13)11(5-9)18(15,16)14-6-8-3-4-17-7-8/h1-5,7,14H,6H2. The largest absolute Gasteiger partial charge is 0.243 e. The Hall–Kier alpha value is -1.31. The Balaban J connectivity index is 2.22. The van der Waals surface area contributed by atoms with E-state index in [1.54, 1.807) is 16.8 Å². The lowest BCUT2D eigenvalue weighted by Gasteiger charge is -2.06. The molecule has 0 aliphatic heterocycles. The highest BCUT2D eigenvalue weighted by Crippen LogP contribution is 2.16. The predicted octanol–water partition coefficient (Wildman–Crippen LogP) is 2.50. The van der Waals surface area contributed by atoms with Gasteiger partial charge in [-0.05, 0) is 40.6 Å². The van der Waals surface area contributed by atoms with E-state index in [9.17, 15) is 17.2 Å². The Kier molecular flexibility index (Phi) is 3.74. The summed E-state index contributed by atoms with van der Waals surface area (Å²) in [5.41, 5.74) is 0.764. The molecule has 0 fully saturated rings. The van der Waals surface area contributed by atoms with E-state index >= 15 is 0 Å². The molecule has 2 aromatic rings. The molecule has 1 N–H and O–H groups in total. The SMILES string of the molecule is O=S(=O)(NCc1ccsc1)c1cc(F)ccc1F. The van der Waals surface area contributed by atoms with Crippen LogP contribution in [0.3, 0.4) is 0 Å². The maximum atomic E-state index is 13.3. The van der Waals surface area contributed by atoms with Crippen molar-refractivity contribution < 1.29 is 17.2 Å². The van der Waals surface area contributed by atoms with Gasteiger partial charge >= 0.3 is 0 Å². The zero-order valence-corrected chi connectivity index (χ0v) is 10.7. The summed E-state index contributed by atoms with van der Waals surface area (Å²) in [6, 6.07) is 4.06. The molecule has 0 spiro atoms. The monoisotopic (exact) mass is 289 g/mol. The van der Waals surface area contributed by atoms with Crippen LogP contribution in [-0.2, 0) is 16.6 Å². The van der Waals surface area contributed by atoms with Gasteiger partial charge < -0.3 is 0 Å². The van der Waals surface area contributed by atoms with Gasteiger partial charge in [-0.25, -0.2) is 21.9 Å². The molecule has 0 saturated carbocycles. The number of nitrogens with one attached hydrogen (secondary N) is 1. The minimum atomic E-state index is -4.05. The molecule has 0 aliphatic rings. The molecule has 3 nitrogen and oxygen atoms in total. The summed E-state index contributed by atoms with van der Waals surface area (Å²) in [6.45, 7) is 0.0434. The summed E-state index contributed by atoms with van der Waals surface area (Å²) in [5, 5.41) is 3.57. The minimum absolute atomic E-state index is 0.0434. The zero-order valence-electron chi connectivity index (χ0n) is 9.06. The second-order valence-corrected chi connectivity index (χ2v) is 6.05. The van der Waals surface area contributed by atoms with E-state index < -0.39 is 26.6 Å². The first-order valence-corrected chi connectivity index (χ1v) is 7.37. The first-order valence-electron chi connectivity index (χ1n) is 4.95. The van der Waals surface area contributed by atoms with E-state index in [2.05, 4.69) is 4.72 Å². The van der Waals surface area contributed by atoms with Crippen LogP contribution in [0.1, 0.15) is 5.56 Å². The molecule has 96 valence electrons. The Labute approximate surface area is 107 Å². The van der Waals surface area contributed by atoms with Gasteiger partial charge in [-0.15, -0.1) is 0 Å². The lowest BCUT2D eigenvalue weighted by Crippen LogP contribution is -2.24. The van der Waals surface area contributed by atoms with E-state index in [-0.39, 0.29) is 6.54 Å². The van der Waals surface area contributed by atoms with E-state index in [1.807, 2.05) is 0 Å². The third-order valence-corrected chi connectivity index (χ3v) is 4.38. The first kappa shape index (κ1) is 13.1. The van der Waals surface area contributed by atoms with Crippen LogP contribution in [0.15, 0.2) is 39.9 Å². The van der Waals surface area contributed by atoms with E-state index in [1.165, 1.54) is 11.3 Å². The molecule has 0 amide bonds. The summed E-state index contributed by atoms with van der Waals surface area (Å²) in [7, 11) is -4.05.